The molecule has 0 saturated carbocycles. The van der Waals surface area contributed by atoms with Crippen LogP contribution in [0, 0.1) is 12.7 Å². The number of halogens is 3. The highest BCUT2D eigenvalue weighted by Gasteiger charge is 2.13. The van der Waals surface area contributed by atoms with Crippen LogP contribution < -0.4 is 5.73 Å². The lowest BCUT2D eigenvalue weighted by Crippen LogP contribution is -1.92. The smallest absolute Gasteiger partial charge is 0.142 e. The third-order valence-electron chi connectivity index (χ3n) is 3.04. The largest absolute Gasteiger partial charge is 0.398 e. The van der Waals surface area contributed by atoms with Crippen LogP contribution in [0.3, 0.4) is 0 Å². The van der Waals surface area contributed by atoms with Crippen molar-refractivity contribution in [3.8, 4) is 11.3 Å². The standard InChI is InChI=1S/C14H10Cl2FN3/c1-7-2-8(18)5-20-6-13(19-14(7)20)9-3-12(17)11(16)4-10(9)15/h2-6H,18H2,1H3. The Kier molecular flexibility index (Phi) is 3.07. The van der Waals surface area contributed by atoms with Gasteiger partial charge in [-0.3, -0.25) is 0 Å². The zero-order valence-electron chi connectivity index (χ0n) is 10.5. The number of anilines is 1. The zero-order chi connectivity index (χ0) is 14.4. The Balaban J connectivity index is 2.25. The lowest BCUT2D eigenvalue weighted by molar-refractivity contribution is 0.629. The van der Waals surface area contributed by atoms with E-state index in [1.165, 1.54) is 12.1 Å². The van der Waals surface area contributed by atoms with Crippen LogP contribution in [-0.2, 0) is 0 Å². The summed E-state index contributed by atoms with van der Waals surface area (Å²) in [5, 5.41) is 0.341. The van der Waals surface area contributed by atoms with E-state index in [0.29, 0.717) is 22.0 Å². The fourth-order valence-electron chi connectivity index (χ4n) is 2.14. The van der Waals surface area contributed by atoms with E-state index in [9.17, 15) is 4.39 Å². The van der Waals surface area contributed by atoms with Crippen LogP contribution in [-0.4, -0.2) is 9.38 Å². The summed E-state index contributed by atoms with van der Waals surface area (Å²) in [7, 11) is 0. The molecule has 3 rings (SSSR count). The number of aryl methyl sites for hydroxylation is 1. The van der Waals surface area contributed by atoms with Crippen LogP contribution in [0.25, 0.3) is 16.9 Å². The van der Waals surface area contributed by atoms with Crippen LogP contribution in [0.1, 0.15) is 5.56 Å². The summed E-state index contributed by atoms with van der Waals surface area (Å²) in [4.78, 5) is 4.47. The number of hydrogen-bond donors (Lipinski definition) is 1. The molecular formula is C14H10Cl2FN3. The summed E-state index contributed by atoms with van der Waals surface area (Å²) < 4.78 is 15.4. The van der Waals surface area contributed by atoms with Gasteiger partial charge < -0.3 is 10.1 Å². The second kappa shape index (κ2) is 4.65. The summed E-state index contributed by atoms with van der Waals surface area (Å²) in [6.45, 7) is 1.91. The van der Waals surface area contributed by atoms with Gasteiger partial charge in [-0.25, -0.2) is 9.37 Å². The summed E-state index contributed by atoms with van der Waals surface area (Å²) in [6.07, 6.45) is 3.51. The summed E-state index contributed by atoms with van der Waals surface area (Å²) in [5.74, 6) is -0.528. The lowest BCUT2D eigenvalue weighted by atomic mass is 10.1. The van der Waals surface area contributed by atoms with Gasteiger partial charge in [-0.1, -0.05) is 23.2 Å². The van der Waals surface area contributed by atoms with Gasteiger partial charge >= 0.3 is 0 Å². The second-order valence-corrected chi connectivity index (χ2v) is 5.37. The number of pyridine rings is 1. The monoisotopic (exact) mass is 309 g/mol. The van der Waals surface area contributed by atoms with Gasteiger partial charge in [0, 0.05) is 23.6 Å². The van der Waals surface area contributed by atoms with E-state index >= 15 is 0 Å². The van der Waals surface area contributed by atoms with Crippen molar-refractivity contribution in [2.24, 2.45) is 0 Å². The molecule has 102 valence electrons. The highest BCUT2D eigenvalue weighted by Crippen LogP contribution is 2.32. The van der Waals surface area contributed by atoms with Crippen LogP contribution in [0.4, 0.5) is 10.1 Å². The fourth-order valence-corrected chi connectivity index (χ4v) is 2.62. The molecule has 0 amide bonds. The zero-order valence-corrected chi connectivity index (χ0v) is 12.0. The summed E-state index contributed by atoms with van der Waals surface area (Å²) >= 11 is 11.8. The van der Waals surface area contributed by atoms with Gasteiger partial charge in [-0.05, 0) is 30.7 Å². The molecule has 3 aromatic rings. The Bertz CT molecular complexity index is 827. The highest BCUT2D eigenvalue weighted by molar-refractivity contribution is 6.36. The molecule has 0 fully saturated rings. The predicted octanol–water partition coefficient (Wildman–Crippen LogP) is 4.34. The Morgan fingerprint density at radius 2 is 1.90 bits per heavy atom. The minimum atomic E-state index is -0.528. The number of aromatic nitrogens is 2. The molecule has 2 N–H and O–H groups in total. The minimum Gasteiger partial charge on any atom is -0.398 e. The van der Waals surface area contributed by atoms with E-state index in [-0.39, 0.29) is 5.02 Å². The summed E-state index contributed by atoms with van der Waals surface area (Å²) in [5.41, 5.74) is 9.17. The molecule has 0 spiro atoms. The molecule has 0 radical (unpaired) electrons. The second-order valence-electron chi connectivity index (χ2n) is 4.56. The van der Waals surface area contributed by atoms with Crippen molar-refractivity contribution in [1.29, 1.82) is 0 Å². The van der Waals surface area contributed by atoms with Crippen LogP contribution in [0.2, 0.25) is 10.0 Å². The molecule has 0 unspecified atom stereocenters. The molecule has 1 aromatic carbocycles. The first kappa shape index (κ1) is 13.2. The number of nitrogens with two attached hydrogens (primary N) is 1. The van der Waals surface area contributed by atoms with Crippen LogP contribution in [0.15, 0.2) is 30.6 Å². The first-order valence-corrected chi connectivity index (χ1v) is 6.61. The van der Waals surface area contributed by atoms with Crippen molar-refractivity contribution in [3.63, 3.8) is 0 Å². The number of imidazole rings is 1. The summed E-state index contributed by atoms with van der Waals surface area (Å²) in [6, 6.07) is 4.49. The Labute approximate surface area is 124 Å². The third-order valence-corrected chi connectivity index (χ3v) is 3.64. The molecule has 0 aliphatic heterocycles. The normalized spacial score (nSPS) is 11.2. The molecule has 0 aliphatic carbocycles. The lowest BCUT2D eigenvalue weighted by Gasteiger charge is -2.02. The van der Waals surface area contributed by atoms with Gasteiger partial charge in [-0.2, -0.15) is 0 Å². The SMILES string of the molecule is Cc1cc(N)cn2cc(-c3cc(F)c(Cl)cc3Cl)nc12. The molecule has 20 heavy (non-hydrogen) atoms. The van der Waals surface area contributed by atoms with E-state index in [0.717, 1.165) is 11.2 Å². The highest BCUT2D eigenvalue weighted by atomic mass is 35.5. The topological polar surface area (TPSA) is 43.3 Å². The molecule has 3 nitrogen and oxygen atoms in total. The van der Waals surface area contributed by atoms with E-state index < -0.39 is 5.82 Å². The van der Waals surface area contributed by atoms with Gasteiger partial charge in [0.2, 0.25) is 0 Å². The molecule has 0 bridgehead atoms. The van der Waals surface area contributed by atoms with Crippen molar-refractivity contribution < 1.29 is 4.39 Å². The first-order chi connectivity index (χ1) is 9.45. The van der Waals surface area contributed by atoms with Gasteiger partial charge in [-0.15, -0.1) is 0 Å². The Morgan fingerprint density at radius 3 is 2.65 bits per heavy atom. The number of benzene rings is 1. The molecule has 2 heterocycles. The molecule has 0 aliphatic rings. The van der Waals surface area contributed by atoms with Crippen molar-refractivity contribution in [2.45, 2.75) is 6.92 Å². The predicted molar refractivity (Wildman–Crippen MR) is 79.8 cm³/mol. The van der Waals surface area contributed by atoms with E-state index in [2.05, 4.69) is 4.98 Å². The number of hydrogen-bond acceptors (Lipinski definition) is 2. The van der Waals surface area contributed by atoms with E-state index in [4.69, 9.17) is 28.9 Å². The van der Waals surface area contributed by atoms with E-state index in [1.807, 2.05) is 13.0 Å². The molecule has 2 aromatic heterocycles. The van der Waals surface area contributed by atoms with Crippen molar-refractivity contribution in [3.05, 3.63) is 52.0 Å². The molecule has 0 atom stereocenters. The van der Waals surface area contributed by atoms with Crippen molar-refractivity contribution >= 4 is 34.5 Å². The quantitative estimate of drug-likeness (QED) is 0.680. The van der Waals surface area contributed by atoms with Crippen LogP contribution in [0.5, 0.6) is 0 Å². The number of rotatable bonds is 1. The van der Waals surface area contributed by atoms with Gasteiger partial charge in [0.25, 0.3) is 0 Å². The van der Waals surface area contributed by atoms with Crippen LogP contribution >= 0.6 is 23.2 Å². The minimum absolute atomic E-state index is 0.0112. The maximum absolute atomic E-state index is 13.6. The van der Waals surface area contributed by atoms with E-state index in [1.54, 1.807) is 16.8 Å². The first-order valence-electron chi connectivity index (χ1n) is 5.85. The Hall–Kier alpha value is -1.78. The Morgan fingerprint density at radius 1 is 1.15 bits per heavy atom. The fraction of sp³-hybridized carbons (Fsp3) is 0.0714. The van der Waals surface area contributed by atoms with Gasteiger partial charge in [0.1, 0.15) is 11.5 Å². The number of fused-ring (bicyclic) bond motifs is 1. The maximum Gasteiger partial charge on any atom is 0.142 e. The van der Waals surface area contributed by atoms with Crippen molar-refractivity contribution in [2.75, 3.05) is 5.73 Å². The number of nitrogen functional groups attached to an aromatic ring is 1. The average Bonchev–Trinajstić information content (AvgIpc) is 2.77. The van der Waals surface area contributed by atoms with Gasteiger partial charge in [0.15, 0.2) is 0 Å². The molecule has 0 saturated heterocycles. The average molecular weight is 310 g/mol. The van der Waals surface area contributed by atoms with Crippen molar-refractivity contribution in [1.82, 2.24) is 9.38 Å². The number of nitrogens with zero attached hydrogens (tertiary/aromatic N) is 2. The van der Waals surface area contributed by atoms with Gasteiger partial charge in [0.05, 0.1) is 15.7 Å². The molecule has 6 heteroatoms. The third kappa shape index (κ3) is 2.11. The maximum atomic E-state index is 13.6. The molecular weight excluding hydrogens is 300 g/mol.